The van der Waals surface area contributed by atoms with Crippen molar-refractivity contribution in [1.82, 2.24) is 0 Å². The molecule has 0 fully saturated rings. The Kier molecular flexibility index (Phi) is 7.69. The minimum atomic E-state index is -5.84. The van der Waals surface area contributed by atoms with Gasteiger partial charge < -0.3 is 22.1 Å². The van der Waals surface area contributed by atoms with Gasteiger partial charge in [0.15, 0.2) is 0 Å². The molecular weight excluding hydrogens is 550 g/mol. The molecular formula is C29H22F6N4O2. The number of alkyl halides is 6. The van der Waals surface area contributed by atoms with Crippen molar-refractivity contribution in [3.05, 3.63) is 119 Å². The van der Waals surface area contributed by atoms with Crippen LogP contribution in [0.15, 0.2) is 97.1 Å². The molecule has 0 unspecified atom stereocenters. The van der Waals surface area contributed by atoms with Gasteiger partial charge in [-0.25, -0.2) is 0 Å². The molecule has 0 saturated heterocycles. The summed E-state index contributed by atoms with van der Waals surface area (Å²) in [6.45, 7) is 0. The molecule has 0 atom stereocenters. The van der Waals surface area contributed by atoms with Crippen molar-refractivity contribution in [2.24, 2.45) is 0 Å². The zero-order chi connectivity index (χ0) is 30.0. The van der Waals surface area contributed by atoms with E-state index in [2.05, 4.69) is 10.6 Å². The van der Waals surface area contributed by atoms with Crippen LogP contribution < -0.4 is 22.1 Å². The number of hydrogen-bond acceptors (Lipinski definition) is 4. The minimum absolute atomic E-state index is 0.168. The van der Waals surface area contributed by atoms with Crippen LogP contribution in [0.2, 0.25) is 0 Å². The number of amides is 2. The molecule has 0 aliphatic rings. The van der Waals surface area contributed by atoms with Crippen molar-refractivity contribution in [3.63, 3.8) is 0 Å². The number of nitrogen functional groups attached to an aromatic ring is 2. The number of carbonyl (C=O) groups is 2. The first-order valence-electron chi connectivity index (χ1n) is 11.9. The van der Waals surface area contributed by atoms with E-state index in [9.17, 15) is 35.9 Å². The Morgan fingerprint density at radius 2 is 0.780 bits per heavy atom. The summed E-state index contributed by atoms with van der Waals surface area (Å²) in [6, 6.07) is 17.9. The minimum Gasteiger partial charge on any atom is -0.399 e. The summed E-state index contributed by atoms with van der Waals surface area (Å²) in [6.07, 6.45) is -11.7. The summed E-state index contributed by atoms with van der Waals surface area (Å²) in [4.78, 5) is 25.1. The van der Waals surface area contributed by atoms with E-state index < -0.39 is 40.7 Å². The number of carbonyl (C=O) groups excluding carboxylic acids is 2. The van der Waals surface area contributed by atoms with Gasteiger partial charge in [0.25, 0.3) is 11.8 Å². The van der Waals surface area contributed by atoms with E-state index in [4.69, 9.17) is 11.5 Å². The molecule has 4 aromatic rings. The Bertz CT molecular complexity index is 1410. The first kappa shape index (κ1) is 29.0. The molecule has 0 spiro atoms. The number of anilines is 4. The molecule has 212 valence electrons. The van der Waals surface area contributed by atoms with Crippen LogP contribution >= 0.6 is 0 Å². The highest BCUT2D eigenvalue weighted by molar-refractivity contribution is 6.05. The molecule has 4 aromatic carbocycles. The second kappa shape index (κ2) is 10.9. The molecule has 2 amide bonds. The number of rotatable bonds is 6. The van der Waals surface area contributed by atoms with E-state index in [1.54, 1.807) is 0 Å². The molecule has 0 aliphatic carbocycles. The normalized spacial score (nSPS) is 12.0. The molecule has 12 heteroatoms. The molecule has 0 aliphatic heterocycles. The zero-order valence-corrected chi connectivity index (χ0v) is 21.0. The lowest BCUT2D eigenvalue weighted by Gasteiger charge is -2.38. The Hall–Kier alpha value is -5.00. The highest BCUT2D eigenvalue weighted by atomic mass is 19.4. The third-order valence-corrected chi connectivity index (χ3v) is 6.35. The lowest BCUT2D eigenvalue weighted by Crippen LogP contribution is -2.54. The fraction of sp³-hybridized carbons (Fsp3) is 0.103. The largest absolute Gasteiger partial charge is 0.411 e. The van der Waals surface area contributed by atoms with Gasteiger partial charge in [-0.2, -0.15) is 26.3 Å². The monoisotopic (exact) mass is 572 g/mol. The second-order valence-corrected chi connectivity index (χ2v) is 9.05. The molecule has 0 radical (unpaired) electrons. The van der Waals surface area contributed by atoms with Crippen molar-refractivity contribution in [2.45, 2.75) is 17.8 Å². The smallest absolute Gasteiger partial charge is 0.399 e. The average Bonchev–Trinajstić information content (AvgIpc) is 2.91. The van der Waals surface area contributed by atoms with Crippen LogP contribution in [0.25, 0.3) is 0 Å². The highest BCUT2D eigenvalue weighted by Crippen LogP contribution is 2.56. The van der Waals surface area contributed by atoms with Crippen molar-refractivity contribution in [2.75, 3.05) is 22.1 Å². The van der Waals surface area contributed by atoms with Crippen LogP contribution in [0, 0.1) is 0 Å². The number of hydrogen-bond donors (Lipinski definition) is 4. The maximum Gasteiger partial charge on any atom is 0.411 e. The maximum atomic E-state index is 14.5. The van der Waals surface area contributed by atoms with E-state index in [1.807, 2.05) is 0 Å². The summed E-state index contributed by atoms with van der Waals surface area (Å²) in [7, 11) is 0. The predicted molar refractivity (Wildman–Crippen MR) is 143 cm³/mol. The van der Waals surface area contributed by atoms with E-state index in [0.717, 1.165) is 24.3 Å². The van der Waals surface area contributed by atoms with Gasteiger partial charge in [-0.3, -0.25) is 9.59 Å². The predicted octanol–water partition coefficient (Wildman–Crippen LogP) is 6.77. The van der Waals surface area contributed by atoms with Gasteiger partial charge in [-0.15, -0.1) is 0 Å². The molecule has 0 bridgehead atoms. The second-order valence-electron chi connectivity index (χ2n) is 9.05. The Balaban J connectivity index is 1.68. The van der Waals surface area contributed by atoms with Crippen LogP contribution in [0.4, 0.5) is 49.1 Å². The molecule has 0 saturated carbocycles. The Morgan fingerprint density at radius 1 is 0.488 bits per heavy atom. The third kappa shape index (κ3) is 5.81. The van der Waals surface area contributed by atoms with Gasteiger partial charge in [-0.05, 0) is 83.9 Å². The maximum absolute atomic E-state index is 14.5. The molecule has 41 heavy (non-hydrogen) atoms. The summed E-state index contributed by atoms with van der Waals surface area (Å²) < 4.78 is 87.0. The quantitative estimate of drug-likeness (QED) is 0.151. The van der Waals surface area contributed by atoms with Crippen molar-refractivity contribution in [1.29, 1.82) is 0 Å². The van der Waals surface area contributed by atoms with Crippen molar-refractivity contribution >= 4 is 34.6 Å². The number of benzene rings is 4. The van der Waals surface area contributed by atoms with Crippen LogP contribution in [0.1, 0.15) is 31.8 Å². The molecule has 0 aromatic heterocycles. The fourth-order valence-electron chi connectivity index (χ4n) is 4.26. The van der Waals surface area contributed by atoms with Gasteiger partial charge in [-0.1, -0.05) is 24.3 Å². The number of nitrogens with one attached hydrogen (secondary N) is 2. The lowest BCUT2D eigenvalue weighted by atomic mass is 9.72. The van der Waals surface area contributed by atoms with Gasteiger partial charge in [0.1, 0.15) is 0 Å². The molecule has 6 N–H and O–H groups in total. The van der Waals surface area contributed by atoms with Crippen LogP contribution in [0.3, 0.4) is 0 Å². The zero-order valence-electron chi connectivity index (χ0n) is 21.0. The van der Waals surface area contributed by atoms with E-state index in [-0.39, 0.29) is 11.1 Å². The van der Waals surface area contributed by atoms with Crippen LogP contribution in [0.5, 0.6) is 0 Å². The standard InChI is InChI=1S/C29H22F6N4O2/c30-28(31,32)27(29(33,34)35,19-5-1-17(2-6-19)25(40)38-23-13-9-21(36)10-14-23)20-7-3-18(4-8-20)26(41)39-24-15-11-22(37)12-16-24/h1-16H,36-37H2,(H,38,40)(H,39,41). The molecule has 4 rings (SSSR count). The average molecular weight is 573 g/mol. The molecule has 0 heterocycles. The van der Waals surface area contributed by atoms with E-state index >= 15 is 0 Å². The van der Waals surface area contributed by atoms with Gasteiger partial charge in [0.2, 0.25) is 5.41 Å². The first-order valence-corrected chi connectivity index (χ1v) is 11.9. The number of nitrogens with two attached hydrogens (primary N) is 2. The van der Waals surface area contributed by atoms with E-state index in [1.165, 1.54) is 48.5 Å². The number of halogens is 6. The Morgan fingerprint density at radius 3 is 1.05 bits per heavy atom. The van der Waals surface area contributed by atoms with E-state index in [0.29, 0.717) is 47.0 Å². The Labute approximate surface area is 230 Å². The van der Waals surface area contributed by atoms with Gasteiger partial charge >= 0.3 is 12.4 Å². The molecule has 6 nitrogen and oxygen atoms in total. The van der Waals surface area contributed by atoms with Crippen molar-refractivity contribution < 1.29 is 35.9 Å². The van der Waals surface area contributed by atoms with Crippen LogP contribution in [-0.2, 0) is 5.41 Å². The SMILES string of the molecule is Nc1ccc(NC(=O)c2ccc(C(c3ccc(C(=O)Nc4ccc(N)cc4)cc3)(C(F)(F)F)C(F)(F)F)cc2)cc1. The summed E-state index contributed by atoms with van der Waals surface area (Å²) in [5.74, 6) is -1.50. The lowest BCUT2D eigenvalue weighted by molar-refractivity contribution is -0.288. The third-order valence-electron chi connectivity index (χ3n) is 6.35. The van der Waals surface area contributed by atoms with Gasteiger partial charge in [0.05, 0.1) is 0 Å². The summed E-state index contributed by atoms with van der Waals surface area (Å²) in [5.41, 5.74) is 5.59. The van der Waals surface area contributed by atoms with Crippen LogP contribution in [-0.4, -0.2) is 24.2 Å². The summed E-state index contributed by atoms with van der Waals surface area (Å²) >= 11 is 0. The van der Waals surface area contributed by atoms with Gasteiger partial charge in [0, 0.05) is 33.9 Å². The first-order chi connectivity index (χ1) is 19.2. The summed E-state index contributed by atoms with van der Waals surface area (Å²) in [5, 5.41) is 4.98. The van der Waals surface area contributed by atoms with Crippen molar-refractivity contribution in [3.8, 4) is 0 Å². The highest BCUT2D eigenvalue weighted by Gasteiger charge is 2.72. The fourth-order valence-corrected chi connectivity index (χ4v) is 4.26. The topological polar surface area (TPSA) is 110 Å².